The Kier molecular flexibility index (Phi) is 4.52. The lowest BCUT2D eigenvalue weighted by Crippen LogP contribution is -2.22. The highest BCUT2D eigenvalue weighted by Gasteiger charge is 2.28. The molecule has 23 heavy (non-hydrogen) atoms. The van der Waals surface area contributed by atoms with Crippen molar-refractivity contribution in [1.82, 2.24) is 0 Å². The molecule has 0 heteroatoms. The van der Waals surface area contributed by atoms with Gasteiger partial charge in [-0.15, -0.1) is 0 Å². The van der Waals surface area contributed by atoms with Crippen LogP contribution in [0.1, 0.15) is 44.7 Å². The number of hydrogen-bond donors (Lipinski definition) is 0. The molecule has 1 atom stereocenters. The molecule has 2 aromatic carbocycles. The summed E-state index contributed by atoms with van der Waals surface area (Å²) in [6, 6.07) is 17.8. The Balaban J connectivity index is 2.14. The van der Waals surface area contributed by atoms with Crippen molar-refractivity contribution in [2.24, 2.45) is 0 Å². The molecule has 0 nitrogen and oxygen atoms in total. The molecule has 0 bridgehead atoms. The van der Waals surface area contributed by atoms with Gasteiger partial charge in [0.1, 0.15) is 0 Å². The summed E-state index contributed by atoms with van der Waals surface area (Å²) in [6.07, 6.45) is 10.3. The normalized spacial score (nSPS) is 20.4. The molecule has 3 rings (SSSR count). The smallest absolute Gasteiger partial charge is 0.0150 e. The fourth-order valence-corrected chi connectivity index (χ4v) is 3.68. The van der Waals surface area contributed by atoms with Crippen molar-refractivity contribution in [2.75, 3.05) is 0 Å². The van der Waals surface area contributed by atoms with Gasteiger partial charge in [0.2, 0.25) is 0 Å². The minimum absolute atomic E-state index is 0.0771. The van der Waals surface area contributed by atoms with E-state index in [1.54, 1.807) is 0 Å². The minimum atomic E-state index is 0.0771. The summed E-state index contributed by atoms with van der Waals surface area (Å²) in [4.78, 5) is 0. The van der Waals surface area contributed by atoms with Crippen LogP contribution in [0, 0.1) is 0 Å². The van der Waals surface area contributed by atoms with Crippen LogP contribution < -0.4 is 0 Å². The summed E-state index contributed by atoms with van der Waals surface area (Å²) in [6.45, 7) is 6.86. The second-order valence-corrected chi connectivity index (χ2v) is 6.96. The highest BCUT2D eigenvalue weighted by molar-refractivity contribution is 5.70. The first-order chi connectivity index (χ1) is 11.1. The van der Waals surface area contributed by atoms with Crippen LogP contribution in [0.25, 0.3) is 11.1 Å². The Labute approximate surface area is 140 Å². The maximum Gasteiger partial charge on any atom is 0.0150 e. The molecule has 0 aliphatic heterocycles. The molecule has 1 unspecified atom stereocenters. The fraction of sp³-hybridized carbons (Fsp3) is 0.304. The average molecular weight is 302 g/mol. The number of allylic oxidation sites excluding steroid dienone is 4. The lowest BCUT2D eigenvalue weighted by atomic mass is 9.72. The highest BCUT2D eigenvalue weighted by atomic mass is 14.3. The van der Waals surface area contributed by atoms with Gasteiger partial charge in [-0.2, -0.15) is 0 Å². The van der Waals surface area contributed by atoms with Crippen LogP contribution in [-0.4, -0.2) is 0 Å². The van der Waals surface area contributed by atoms with Crippen molar-refractivity contribution in [2.45, 2.75) is 45.4 Å². The molecule has 0 fully saturated rings. The fourth-order valence-electron chi connectivity index (χ4n) is 3.68. The summed E-state index contributed by atoms with van der Waals surface area (Å²) in [7, 11) is 0. The van der Waals surface area contributed by atoms with Crippen LogP contribution >= 0.6 is 0 Å². The first-order valence-corrected chi connectivity index (χ1v) is 8.66. The van der Waals surface area contributed by atoms with Crippen molar-refractivity contribution in [3.05, 3.63) is 83.5 Å². The van der Waals surface area contributed by atoms with Gasteiger partial charge >= 0.3 is 0 Å². The van der Waals surface area contributed by atoms with Crippen molar-refractivity contribution in [1.29, 1.82) is 0 Å². The van der Waals surface area contributed by atoms with E-state index in [2.05, 4.69) is 87.5 Å². The van der Waals surface area contributed by atoms with Gasteiger partial charge in [0, 0.05) is 5.41 Å². The predicted molar refractivity (Wildman–Crippen MR) is 101 cm³/mol. The highest BCUT2D eigenvalue weighted by Crippen LogP contribution is 2.40. The van der Waals surface area contributed by atoms with Crippen LogP contribution in [0.15, 0.2) is 72.3 Å². The zero-order chi connectivity index (χ0) is 16.3. The van der Waals surface area contributed by atoms with Gasteiger partial charge in [-0.1, -0.05) is 92.6 Å². The maximum atomic E-state index is 2.44. The number of aryl methyl sites for hydroxylation is 1. The van der Waals surface area contributed by atoms with E-state index in [4.69, 9.17) is 0 Å². The molecular weight excluding hydrogens is 276 g/mol. The number of hydrogen-bond acceptors (Lipinski definition) is 0. The van der Waals surface area contributed by atoms with E-state index < -0.39 is 0 Å². The van der Waals surface area contributed by atoms with Gasteiger partial charge in [-0.3, -0.25) is 0 Å². The minimum Gasteiger partial charge on any atom is -0.0739 e. The van der Waals surface area contributed by atoms with Gasteiger partial charge in [0.15, 0.2) is 0 Å². The molecule has 0 radical (unpaired) electrons. The molecule has 1 aliphatic rings. The molecule has 0 N–H and O–H groups in total. The SMILES string of the molecule is CCCc1ccc(-c2ccccc2)c(C2(C)C=CC=C(C)C2)c1. The maximum absolute atomic E-state index is 2.44. The number of rotatable bonds is 4. The van der Waals surface area contributed by atoms with E-state index in [0.717, 1.165) is 12.8 Å². The average Bonchev–Trinajstić information content (AvgIpc) is 2.56. The Morgan fingerprint density at radius 3 is 2.52 bits per heavy atom. The molecule has 0 aromatic heterocycles. The first kappa shape index (κ1) is 15.8. The molecule has 2 aromatic rings. The third-order valence-corrected chi connectivity index (χ3v) is 4.81. The monoisotopic (exact) mass is 302 g/mol. The van der Waals surface area contributed by atoms with E-state index in [1.165, 1.54) is 34.2 Å². The topological polar surface area (TPSA) is 0 Å². The van der Waals surface area contributed by atoms with Crippen LogP contribution in [0.3, 0.4) is 0 Å². The lowest BCUT2D eigenvalue weighted by Gasteiger charge is -2.32. The van der Waals surface area contributed by atoms with E-state index in [9.17, 15) is 0 Å². The largest absolute Gasteiger partial charge is 0.0739 e. The summed E-state index contributed by atoms with van der Waals surface area (Å²) >= 11 is 0. The Bertz CT molecular complexity index is 734. The Hall–Kier alpha value is -2.08. The second kappa shape index (κ2) is 6.58. The van der Waals surface area contributed by atoms with Crippen molar-refractivity contribution >= 4 is 0 Å². The van der Waals surface area contributed by atoms with Crippen LogP contribution in [0.4, 0.5) is 0 Å². The Morgan fingerprint density at radius 2 is 1.83 bits per heavy atom. The van der Waals surface area contributed by atoms with Gasteiger partial charge in [0.25, 0.3) is 0 Å². The predicted octanol–water partition coefficient (Wildman–Crippen LogP) is 6.47. The zero-order valence-corrected chi connectivity index (χ0v) is 14.5. The molecule has 0 spiro atoms. The van der Waals surface area contributed by atoms with E-state index >= 15 is 0 Å². The summed E-state index contributed by atoms with van der Waals surface area (Å²) in [5.74, 6) is 0. The van der Waals surface area contributed by atoms with E-state index in [-0.39, 0.29) is 5.41 Å². The molecular formula is C23H26. The first-order valence-electron chi connectivity index (χ1n) is 8.66. The van der Waals surface area contributed by atoms with Crippen molar-refractivity contribution < 1.29 is 0 Å². The number of benzene rings is 2. The van der Waals surface area contributed by atoms with Crippen molar-refractivity contribution in [3.8, 4) is 11.1 Å². The van der Waals surface area contributed by atoms with Crippen LogP contribution in [-0.2, 0) is 11.8 Å². The van der Waals surface area contributed by atoms with Crippen LogP contribution in [0.2, 0.25) is 0 Å². The summed E-state index contributed by atoms with van der Waals surface area (Å²) in [5, 5.41) is 0. The molecule has 0 saturated heterocycles. The van der Waals surface area contributed by atoms with Crippen LogP contribution in [0.5, 0.6) is 0 Å². The molecule has 118 valence electrons. The third-order valence-electron chi connectivity index (χ3n) is 4.81. The molecule has 0 amide bonds. The van der Waals surface area contributed by atoms with E-state index in [1.807, 2.05) is 0 Å². The van der Waals surface area contributed by atoms with Gasteiger partial charge < -0.3 is 0 Å². The molecule has 0 heterocycles. The third kappa shape index (κ3) is 3.32. The molecule has 1 aliphatic carbocycles. The second-order valence-electron chi connectivity index (χ2n) is 6.96. The lowest BCUT2D eigenvalue weighted by molar-refractivity contribution is 0.581. The van der Waals surface area contributed by atoms with Gasteiger partial charge in [-0.25, -0.2) is 0 Å². The van der Waals surface area contributed by atoms with Gasteiger partial charge in [-0.05, 0) is 42.0 Å². The van der Waals surface area contributed by atoms with Crippen molar-refractivity contribution in [3.63, 3.8) is 0 Å². The summed E-state index contributed by atoms with van der Waals surface area (Å²) < 4.78 is 0. The standard InChI is InChI=1S/C23H26/c1-4-9-19-13-14-21(20-11-6-5-7-12-20)22(16-19)23(3)15-8-10-18(2)17-23/h5-8,10-16H,4,9,17H2,1-3H3. The quantitative estimate of drug-likeness (QED) is 0.607. The van der Waals surface area contributed by atoms with E-state index in [0.29, 0.717) is 0 Å². The Morgan fingerprint density at radius 1 is 1.04 bits per heavy atom. The molecule has 0 saturated carbocycles. The van der Waals surface area contributed by atoms with Gasteiger partial charge in [0.05, 0.1) is 0 Å². The summed E-state index contributed by atoms with van der Waals surface area (Å²) in [5.41, 5.74) is 7.12. The zero-order valence-electron chi connectivity index (χ0n) is 14.5.